The highest BCUT2D eigenvalue weighted by molar-refractivity contribution is 5.95. The molecule has 1 N–H and O–H groups in total. The van der Waals surface area contributed by atoms with E-state index in [1.165, 1.54) is 12.0 Å². The molecule has 0 aliphatic rings. The fourth-order valence-corrected chi connectivity index (χ4v) is 2.00. The van der Waals surface area contributed by atoms with E-state index in [2.05, 4.69) is 0 Å². The van der Waals surface area contributed by atoms with E-state index in [9.17, 15) is 9.59 Å². The van der Waals surface area contributed by atoms with Crippen LogP contribution in [-0.4, -0.2) is 30.6 Å². The average Bonchev–Trinajstić information content (AvgIpc) is 2.43. The Bertz CT molecular complexity index is 499. The highest BCUT2D eigenvalue weighted by atomic mass is 16.5. The highest BCUT2D eigenvalue weighted by Crippen LogP contribution is 2.29. The van der Waals surface area contributed by atoms with Crippen molar-refractivity contribution in [3.8, 4) is 5.75 Å². The van der Waals surface area contributed by atoms with Crippen molar-refractivity contribution in [3.63, 3.8) is 0 Å². The lowest BCUT2D eigenvalue weighted by atomic mass is 10.1. The molecule has 116 valence electrons. The number of benzene rings is 1. The Balaban J connectivity index is 3.11. The van der Waals surface area contributed by atoms with E-state index in [1.54, 1.807) is 25.1 Å². The first-order valence-electron chi connectivity index (χ1n) is 7.03. The number of anilines is 1. The number of nitrogens with zero attached hydrogens (tertiary/aromatic N) is 1. The third-order valence-electron chi connectivity index (χ3n) is 3.14. The van der Waals surface area contributed by atoms with Gasteiger partial charge in [0.25, 0.3) is 0 Å². The summed E-state index contributed by atoms with van der Waals surface area (Å²) in [6.45, 7) is 5.63. The van der Waals surface area contributed by atoms with Crippen molar-refractivity contribution in [1.29, 1.82) is 0 Å². The number of carbonyl (C=O) groups is 2. The maximum absolute atomic E-state index is 12.5. The van der Waals surface area contributed by atoms with E-state index in [4.69, 9.17) is 9.84 Å². The van der Waals surface area contributed by atoms with Crippen LogP contribution in [0.1, 0.15) is 27.2 Å². The number of carboxylic acid groups (broad SMARTS) is 1. The minimum Gasteiger partial charge on any atom is -0.495 e. The zero-order chi connectivity index (χ0) is 16.0. The summed E-state index contributed by atoms with van der Waals surface area (Å²) in [6.07, 6.45) is 0.365. The molecule has 5 nitrogen and oxygen atoms in total. The van der Waals surface area contributed by atoms with E-state index in [1.807, 2.05) is 19.9 Å². The number of para-hydroxylation sites is 2. The maximum Gasteiger partial charge on any atom is 0.308 e. The van der Waals surface area contributed by atoms with Crippen LogP contribution in [0.4, 0.5) is 5.69 Å². The third kappa shape index (κ3) is 4.77. The summed E-state index contributed by atoms with van der Waals surface area (Å²) in [5.41, 5.74) is 0.610. The predicted octanol–water partition coefficient (Wildman–Crippen LogP) is 2.80. The van der Waals surface area contributed by atoms with E-state index in [0.717, 1.165) is 0 Å². The lowest BCUT2D eigenvalue weighted by Crippen LogP contribution is -2.37. The van der Waals surface area contributed by atoms with Crippen molar-refractivity contribution in [2.45, 2.75) is 27.2 Å². The quantitative estimate of drug-likeness (QED) is 0.839. The average molecular weight is 293 g/mol. The Morgan fingerprint density at radius 3 is 2.38 bits per heavy atom. The van der Waals surface area contributed by atoms with Crippen LogP contribution in [0.5, 0.6) is 5.75 Å². The molecule has 1 unspecified atom stereocenters. The topological polar surface area (TPSA) is 66.8 Å². The van der Waals surface area contributed by atoms with Crippen LogP contribution in [0.15, 0.2) is 24.3 Å². The third-order valence-corrected chi connectivity index (χ3v) is 3.14. The number of aliphatic carboxylic acids is 1. The van der Waals surface area contributed by atoms with Gasteiger partial charge in [0.1, 0.15) is 5.75 Å². The van der Waals surface area contributed by atoms with Crippen molar-refractivity contribution in [2.24, 2.45) is 11.8 Å². The molecule has 1 aromatic carbocycles. The molecule has 0 fully saturated rings. The first-order chi connectivity index (χ1) is 9.86. The van der Waals surface area contributed by atoms with Crippen LogP contribution < -0.4 is 9.64 Å². The van der Waals surface area contributed by atoms with Crippen molar-refractivity contribution >= 4 is 17.6 Å². The number of carboxylic acids is 1. The maximum atomic E-state index is 12.5. The summed E-state index contributed by atoms with van der Waals surface area (Å²) in [6, 6.07) is 7.15. The molecule has 1 rings (SSSR count). The molecule has 0 bridgehead atoms. The molecule has 0 spiro atoms. The molecular formula is C16H23NO4. The van der Waals surface area contributed by atoms with Crippen molar-refractivity contribution in [3.05, 3.63) is 24.3 Å². The minimum absolute atomic E-state index is 0.0948. The van der Waals surface area contributed by atoms with Gasteiger partial charge in [-0.05, 0) is 18.1 Å². The molecule has 0 aromatic heterocycles. The second-order valence-electron chi connectivity index (χ2n) is 5.51. The Morgan fingerprint density at radius 1 is 1.24 bits per heavy atom. The second-order valence-corrected chi connectivity index (χ2v) is 5.51. The largest absolute Gasteiger partial charge is 0.495 e. The molecule has 0 aliphatic heterocycles. The van der Waals surface area contributed by atoms with E-state index < -0.39 is 11.9 Å². The Morgan fingerprint density at radius 2 is 1.86 bits per heavy atom. The molecule has 0 radical (unpaired) electrons. The number of carbonyl (C=O) groups excluding carboxylic acids is 1. The lowest BCUT2D eigenvalue weighted by molar-refractivity contribution is -0.140. The number of amides is 1. The fourth-order valence-electron chi connectivity index (χ4n) is 2.00. The molecular weight excluding hydrogens is 270 g/mol. The lowest BCUT2D eigenvalue weighted by Gasteiger charge is -2.27. The Hall–Kier alpha value is -2.04. The number of rotatable bonds is 7. The van der Waals surface area contributed by atoms with Gasteiger partial charge in [0.15, 0.2) is 0 Å². The minimum atomic E-state index is -0.924. The number of hydrogen-bond donors (Lipinski definition) is 1. The first kappa shape index (κ1) is 17.0. The van der Waals surface area contributed by atoms with Crippen LogP contribution in [-0.2, 0) is 9.59 Å². The molecule has 5 heteroatoms. The molecule has 1 aromatic rings. The Kier molecular flexibility index (Phi) is 6.21. The summed E-state index contributed by atoms with van der Waals surface area (Å²) in [5, 5.41) is 9.10. The van der Waals surface area contributed by atoms with E-state index >= 15 is 0 Å². The van der Waals surface area contributed by atoms with Crippen molar-refractivity contribution < 1.29 is 19.4 Å². The zero-order valence-electron chi connectivity index (χ0n) is 13.0. The van der Waals surface area contributed by atoms with Crippen molar-refractivity contribution in [2.75, 3.05) is 18.6 Å². The molecule has 1 amide bonds. The SMILES string of the molecule is COc1ccccc1N(CC(C)C(=O)O)C(=O)CC(C)C. The van der Waals surface area contributed by atoms with Crippen LogP contribution in [0.3, 0.4) is 0 Å². The number of methoxy groups -OCH3 is 1. The summed E-state index contributed by atoms with van der Waals surface area (Å²) < 4.78 is 5.28. The molecule has 0 saturated carbocycles. The number of ether oxygens (including phenoxy) is 1. The zero-order valence-corrected chi connectivity index (χ0v) is 13.0. The summed E-state index contributed by atoms with van der Waals surface area (Å²) >= 11 is 0. The van der Waals surface area contributed by atoms with Gasteiger partial charge in [-0.25, -0.2) is 0 Å². The summed E-state index contributed by atoms with van der Waals surface area (Å²) in [7, 11) is 1.53. The molecule has 1 atom stereocenters. The molecule has 21 heavy (non-hydrogen) atoms. The van der Waals surface area contributed by atoms with Crippen LogP contribution >= 0.6 is 0 Å². The van der Waals surface area contributed by atoms with E-state index in [-0.39, 0.29) is 18.4 Å². The fraction of sp³-hybridized carbons (Fsp3) is 0.500. The first-order valence-corrected chi connectivity index (χ1v) is 7.03. The Labute approximate surface area is 125 Å². The summed E-state index contributed by atoms with van der Waals surface area (Å²) in [5.74, 6) is -0.900. The van der Waals surface area contributed by atoms with Gasteiger partial charge in [-0.15, -0.1) is 0 Å². The van der Waals surface area contributed by atoms with Gasteiger partial charge in [0, 0.05) is 13.0 Å². The standard InChI is InChI=1S/C16H23NO4/c1-11(2)9-15(18)17(10-12(3)16(19)20)13-7-5-6-8-14(13)21-4/h5-8,11-12H,9-10H2,1-4H3,(H,19,20). The van der Waals surface area contributed by atoms with Crippen molar-refractivity contribution in [1.82, 2.24) is 0 Å². The normalized spacial score (nSPS) is 12.0. The van der Waals surface area contributed by atoms with Gasteiger partial charge in [-0.2, -0.15) is 0 Å². The molecule has 0 aliphatic carbocycles. The monoisotopic (exact) mass is 293 g/mol. The highest BCUT2D eigenvalue weighted by Gasteiger charge is 2.24. The van der Waals surface area contributed by atoms with Gasteiger partial charge in [-0.1, -0.05) is 32.9 Å². The molecule has 0 heterocycles. The van der Waals surface area contributed by atoms with Crippen LogP contribution in [0.25, 0.3) is 0 Å². The van der Waals surface area contributed by atoms with Crippen LogP contribution in [0.2, 0.25) is 0 Å². The van der Waals surface area contributed by atoms with Gasteiger partial charge in [-0.3, -0.25) is 9.59 Å². The van der Waals surface area contributed by atoms with Gasteiger partial charge in [0.05, 0.1) is 18.7 Å². The predicted molar refractivity (Wildman–Crippen MR) is 81.6 cm³/mol. The smallest absolute Gasteiger partial charge is 0.308 e. The van der Waals surface area contributed by atoms with E-state index in [0.29, 0.717) is 17.9 Å². The van der Waals surface area contributed by atoms with Gasteiger partial charge >= 0.3 is 5.97 Å². The molecule has 0 saturated heterocycles. The van der Waals surface area contributed by atoms with Gasteiger partial charge in [0.2, 0.25) is 5.91 Å². The van der Waals surface area contributed by atoms with Crippen LogP contribution in [0, 0.1) is 11.8 Å². The number of hydrogen-bond acceptors (Lipinski definition) is 3. The summed E-state index contributed by atoms with van der Waals surface area (Å²) in [4.78, 5) is 25.1. The van der Waals surface area contributed by atoms with Gasteiger partial charge < -0.3 is 14.7 Å². The second kappa shape index (κ2) is 7.67.